The van der Waals surface area contributed by atoms with Crippen molar-refractivity contribution in [3.05, 3.63) is 0 Å². The minimum absolute atomic E-state index is 0.833. The highest BCUT2D eigenvalue weighted by Gasteiger charge is 2.07. The van der Waals surface area contributed by atoms with Crippen LogP contribution in [0.1, 0.15) is 41.5 Å². The maximum Gasteiger partial charge on any atom is 0.0591 e. The van der Waals surface area contributed by atoms with Crippen LogP contribution in [0.3, 0.4) is 0 Å². The van der Waals surface area contributed by atoms with E-state index in [1.807, 2.05) is 0 Å². The van der Waals surface area contributed by atoms with Crippen LogP contribution in [0.25, 0.3) is 0 Å². The van der Waals surface area contributed by atoms with Gasteiger partial charge in [0.1, 0.15) is 0 Å². The van der Waals surface area contributed by atoms with E-state index in [4.69, 9.17) is 9.47 Å². The maximum atomic E-state index is 5.01. The number of nitrogens with one attached hydrogen (secondary N) is 2. The molecule has 0 spiro atoms. The van der Waals surface area contributed by atoms with Crippen molar-refractivity contribution in [2.75, 3.05) is 92.9 Å². The molecule has 0 aromatic heterocycles. The van der Waals surface area contributed by atoms with Crippen LogP contribution in [0, 0.1) is 11.8 Å². The fourth-order valence-electron chi connectivity index (χ4n) is 1.94. The summed E-state index contributed by atoms with van der Waals surface area (Å²) in [5.41, 5.74) is 0. The van der Waals surface area contributed by atoms with E-state index in [9.17, 15) is 0 Å². The largest absolute Gasteiger partial charge is 0.379 e. The fourth-order valence-corrected chi connectivity index (χ4v) is 1.94. The summed E-state index contributed by atoms with van der Waals surface area (Å²) in [5, 5.41) is 6.32. The molecule has 0 aliphatic carbocycles. The monoisotopic (exact) mass is 404 g/mol. The van der Waals surface area contributed by atoms with Gasteiger partial charge >= 0.3 is 0 Å². The average Bonchev–Trinajstić information content (AvgIpc) is 2.67. The molecular weight excluding hydrogens is 352 g/mol. The van der Waals surface area contributed by atoms with E-state index in [1.165, 1.54) is 26.2 Å². The van der Waals surface area contributed by atoms with Gasteiger partial charge in [0, 0.05) is 52.4 Å². The lowest BCUT2D eigenvalue weighted by Crippen LogP contribution is -2.42. The van der Waals surface area contributed by atoms with E-state index in [2.05, 4.69) is 76.1 Å². The number of ether oxygens (including phenoxy) is 2. The molecule has 0 atom stereocenters. The number of morpholine rings is 2. The van der Waals surface area contributed by atoms with E-state index in [0.29, 0.717) is 0 Å². The Hall–Kier alpha value is -0.240. The smallest absolute Gasteiger partial charge is 0.0591 e. The van der Waals surface area contributed by atoms with Crippen molar-refractivity contribution in [1.29, 1.82) is 0 Å². The molecule has 0 unspecified atom stereocenters. The predicted octanol–water partition coefficient (Wildman–Crippen LogP) is 2.40. The van der Waals surface area contributed by atoms with Crippen LogP contribution in [0.5, 0.6) is 0 Å². The lowest BCUT2D eigenvalue weighted by Gasteiger charge is -2.28. The summed E-state index contributed by atoms with van der Waals surface area (Å²) >= 11 is 0. The van der Waals surface area contributed by atoms with E-state index in [1.54, 1.807) is 0 Å². The van der Waals surface area contributed by atoms with Gasteiger partial charge in [-0.2, -0.15) is 0 Å². The molecule has 0 aromatic carbocycles. The van der Waals surface area contributed by atoms with Gasteiger partial charge in [-0.1, -0.05) is 41.5 Å². The first-order chi connectivity index (χ1) is 13.3. The molecular formula is C22H52N4O2. The first-order valence-electron chi connectivity index (χ1n) is 11.2. The van der Waals surface area contributed by atoms with Gasteiger partial charge in [-0.15, -0.1) is 0 Å². The Morgan fingerprint density at radius 3 is 0.857 bits per heavy atom. The number of likely N-dealkylation sites (N-methyl/N-ethyl adjacent to an activating group) is 2. The molecule has 0 bridgehead atoms. The van der Waals surface area contributed by atoms with Crippen LogP contribution >= 0.6 is 0 Å². The second-order valence-corrected chi connectivity index (χ2v) is 8.80. The lowest BCUT2D eigenvalue weighted by molar-refractivity contribution is 0.109. The summed E-state index contributed by atoms with van der Waals surface area (Å²) in [7, 11) is 4.35. The van der Waals surface area contributed by atoms with Crippen molar-refractivity contribution in [2.45, 2.75) is 41.5 Å². The van der Waals surface area contributed by atoms with Crippen LogP contribution in [0.15, 0.2) is 0 Å². The van der Waals surface area contributed by atoms with Crippen molar-refractivity contribution in [1.82, 2.24) is 20.4 Å². The van der Waals surface area contributed by atoms with Gasteiger partial charge in [0.15, 0.2) is 0 Å². The van der Waals surface area contributed by atoms with Crippen molar-refractivity contribution >= 4 is 0 Å². The Bertz CT molecular complexity index is 219. The van der Waals surface area contributed by atoms with Gasteiger partial charge < -0.3 is 29.9 Å². The third-order valence-electron chi connectivity index (χ3n) is 3.42. The average molecular weight is 405 g/mol. The third kappa shape index (κ3) is 33.4. The molecule has 3 fully saturated rings. The van der Waals surface area contributed by atoms with Gasteiger partial charge in [-0.3, -0.25) is 0 Å². The molecule has 28 heavy (non-hydrogen) atoms. The van der Waals surface area contributed by atoms with Gasteiger partial charge in [-0.25, -0.2) is 0 Å². The normalized spacial score (nSPS) is 20.4. The highest BCUT2D eigenvalue weighted by molar-refractivity contribution is 4.64. The maximum absolute atomic E-state index is 5.01. The topological polar surface area (TPSA) is 49.0 Å². The molecule has 6 heteroatoms. The van der Waals surface area contributed by atoms with E-state index < -0.39 is 0 Å². The minimum Gasteiger partial charge on any atom is -0.379 e. The molecule has 3 aliphatic rings. The van der Waals surface area contributed by atoms with Crippen LogP contribution in [0.4, 0.5) is 0 Å². The summed E-state index contributed by atoms with van der Waals surface area (Å²) in [6, 6.07) is 0. The molecule has 0 radical (unpaired) electrons. The number of nitrogens with zero attached hydrogens (tertiary/aromatic N) is 2. The first-order valence-corrected chi connectivity index (χ1v) is 11.2. The minimum atomic E-state index is 0.833. The van der Waals surface area contributed by atoms with Gasteiger partial charge in [0.25, 0.3) is 0 Å². The number of rotatable bonds is 0. The van der Waals surface area contributed by atoms with Gasteiger partial charge in [0.2, 0.25) is 0 Å². The first kappa shape index (κ1) is 30.0. The van der Waals surface area contributed by atoms with Gasteiger partial charge in [0.05, 0.1) is 26.4 Å². The quantitative estimate of drug-likeness (QED) is 0.647. The molecule has 6 nitrogen and oxygen atoms in total. The second-order valence-electron chi connectivity index (χ2n) is 8.80. The van der Waals surface area contributed by atoms with Crippen LogP contribution in [-0.4, -0.2) is 103 Å². The van der Waals surface area contributed by atoms with Crippen LogP contribution < -0.4 is 10.6 Å². The Morgan fingerprint density at radius 1 is 0.536 bits per heavy atom. The zero-order valence-corrected chi connectivity index (χ0v) is 20.4. The van der Waals surface area contributed by atoms with E-state index in [-0.39, 0.29) is 0 Å². The highest BCUT2D eigenvalue weighted by atomic mass is 16.5. The standard InChI is InChI=1S/C6H14N2.2C4H9NO.2C4H10/c1-7-3-5-8(2)6-4-7;2*1-3-6-4-2-5-1;2*1-4(2)3/h3-6H2,1-2H3;2*5H,1-4H2;2*4H,1-3H3. The Kier molecular flexibility index (Phi) is 24.7. The van der Waals surface area contributed by atoms with Gasteiger partial charge in [-0.05, 0) is 25.9 Å². The molecule has 3 heterocycles. The Morgan fingerprint density at radius 2 is 0.750 bits per heavy atom. The van der Waals surface area contributed by atoms with Crippen LogP contribution in [0.2, 0.25) is 0 Å². The van der Waals surface area contributed by atoms with E-state index >= 15 is 0 Å². The summed E-state index contributed by atoms with van der Waals surface area (Å²) in [4.78, 5) is 4.72. The number of hydrogen-bond donors (Lipinski definition) is 2. The summed E-state index contributed by atoms with van der Waals surface area (Å²) < 4.78 is 10.0. The number of piperazine rings is 1. The van der Waals surface area contributed by atoms with E-state index in [0.717, 1.165) is 64.4 Å². The highest BCUT2D eigenvalue weighted by Crippen LogP contribution is 1.93. The summed E-state index contributed by atoms with van der Waals surface area (Å²) in [5.74, 6) is 1.67. The molecule has 0 aromatic rings. The third-order valence-corrected chi connectivity index (χ3v) is 3.42. The Labute approximate surface area is 176 Å². The van der Waals surface area contributed by atoms with Crippen molar-refractivity contribution < 1.29 is 9.47 Å². The Balaban J connectivity index is 0. The SMILES string of the molecule is C1COCCN1.C1COCCN1.CC(C)C.CC(C)C.CN1CCN(C)CC1. The molecule has 0 saturated carbocycles. The van der Waals surface area contributed by atoms with Crippen molar-refractivity contribution in [3.63, 3.8) is 0 Å². The second kappa shape index (κ2) is 23.0. The lowest BCUT2D eigenvalue weighted by atomic mass is 10.3. The summed E-state index contributed by atoms with van der Waals surface area (Å²) in [6.45, 7) is 25.6. The molecule has 0 amide bonds. The molecule has 3 rings (SSSR count). The zero-order valence-electron chi connectivity index (χ0n) is 20.4. The predicted molar refractivity (Wildman–Crippen MR) is 123 cm³/mol. The molecule has 2 N–H and O–H groups in total. The summed E-state index contributed by atoms with van der Waals surface area (Å²) in [6.07, 6.45) is 0. The van der Waals surface area contributed by atoms with Crippen molar-refractivity contribution in [2.24, 2.45) is 11.8 Å². The zero-order chi connectivity index (χ0) is 21.6. The molecule has 3 saturated heterocycles. The molecule has 172 valence electrons. The fraction of sp³-hybridized carbons (Fsp3) is 1.00. The molecule has 3 aliphatic heterocycles. The van der Waals surface area contributed by atoms with Crippen LogP contribution in [-0.2, 0) is 9.47 Å². The van der Waals surface area contributed by atoms with Crippen molar-refractivity contribution in [3.8, 4) is 0 Å². The number of hydrogen-bond acceptors (Lipinski definition) is 6.